The number of halogens is 3. The first-order valence-corrected chi connectivity index (χ1v) is 6.08. The van der Waals surface area contributed by atoms with Crippen LogP contribution in [-0.2, 0) is 4.74 Å². The molecule has 0 spiro atoms. The summed E-state index contributed by atoms with van der Waals surface area (Å²) in [5.74, 6) is -0.334. The SMILES string of the molecule is CC1(C)COC(=O)N[C@H]1c1ccc(Br)cc1F.Cl. The molecular formula is C12H14BrClFNO2. The van der Waals surface area contributed by atoms with Crippen molar-refractivity contribution in [2.45, 2.75) is 19.9 Å². The molecule has 1 aromatic carbocycles. The number of amides is 1. The number of ether oxygens (including phenoxy) is 1. The van der Waals surface area contributed by atoms with Gasteiger partial charge in [-0.1, -0.05) is 35.8 Å². The Hall–Kier alpha value is -0.810. The van der Waals surface area contributed by atoms with Gasteiger partial charge in [0.1, 0.15) is 12.4 Å². The Kier molecular flexibility index (Phi) is 4.61. The van der Waals surface area contributed by atoms with Gasteiger partial charge in [0, 0.05) is 15.5 Å². The van der Waals surface area contributed by atoms with E-state index in [9.17, 15) is 9.18 Å². The number of nitrogens with one attached hydrogen (secondary N) is 1. The second-order valence-electron chi connectivity index (χ2n) is 4.81. The maximum absolute atomic E-state index is 13.9. The Morgan fingerprint density at radius 3 is 2.78 bits per heavy atom. The Morgan fingerprint density at radius 1 is 1.50 bits per heavy atom. The molecule has 0 unspecified atom stereocenters. The van der Waals surface area contributed by atoms with E-state index in [1.165, 1.54) is 6.07 Å². The van der Waals surface area contributed by atoms with E-state index in [4.69, 9.17) is 4.74 Å². The average molecular weight is 339 g/mol. The Labute approximate surface area is 120 Å². The van der Waals surface area contributed by atoms with E-state index in [0.717, 1.165) is 0 Å². The summed E-state index contributed by atoms with van der Waals surface area (Å²) in [6, 6.07) is 4.46. The normalized spacial score (nSPS) is 21.6. The summed E-state index contributed by atoms with van der Waals surface area (Å²) >= 11 is 3.21. The highest BCUT2D eigenvalue weighted by Gasteiger charge is 2.39. The van der Waals surface area contributed by atoms with Crippen LogP contribution in [-0.4, -0.2) is 12.7 Å². The highest BCUT2D eigenvalue weighted by atomic mass is 79.9. The van der Waals surface area contributed by atoms with Crippen molar-refractivity contribution in [2.75, 3.05) is 6.61 Å². The van der Waals surface area contributed by atoms with Gasteiger partial charge >= 0.3 is 6.09 Å². The predicted octanol–water partition coefficient (Wildman–Crippen LogP) is 3.82. The zero-order valence-electron chi connectivity index (χ0n) is 10.00. The first kappa shape index (κ1) is 15.2. The van der Waals surface area contributed by atoms with Gasteiger partial charge in [-0.15, -0.1) is 12.4 Å². The zero-order chi connectivity index (χ0) is 12.6. The lowest BCUT2D eigenvalue weighted by atomic mass is 9.80. The molecule has 1 amide bonds. The van der Waals surface area contributed by atoms with Crippen LogP contribution in [0.3, 0.4) is 0 Å². The minimum Gasteiger partial charge on any atom is -0.449 e. The van der Waals surface area contributed by atoms with E-state index in [2.05, 4.69) is 21.2 Å². The van der Waals surface area contributed by atoms with E-state index in [0.29, 0.717) is 10.0 Å². The van der Waals surface area contributed by atoms with Crippen molar-refractivity contribution in [3.8, 4) is 0 Å². The molecule has 3 nitrogen and oxygen atoms in total. The van der Waals surface area contributed by atoms with Gasteiger partial charge in [0.15, 0.2) is 0 Å². The van der Waals surface area contributed by atoms with Crippen LogP contribution in [0.25, 0.3) is 0 Å². The van der Waals surface area contributed by atoms with Crippen molar-refractivity contribution >= 4 is 34.4 Å². The van der Waals surface area contributed by atoms with Crippen molar-refractivity contribution in [1.29, 1.82) is 0 Å². The maximum Gasteiger partial charge on any atom is 0.407 e. The van der Waals surface area contributed by atoms with Crippen molar-refractivity contribution in [1.82, 2.24) is 5.32 Å². The fourth-order valence-electron chi connectivity index (χ4n) is 1.92. The van der Waals surface area contributed by atoms with Gasteiger partial charge in [-0.25, -0.2) is 9.18 Å². The molecule has 1 heterocycles. The van der Waals surface area contributed by atoms with Crippen LogP contribution in [0, 0.1) is 11.2 Å². The molecule has 1 atom stereocenters. The monoisotopic (exact) mass is 337 g/mol. The number of alkyl carbamates (subject to hydrolysis) is 1. The molecule has 18 heavy (non-hydrogen) atoms. The number of cyclic esters (lactones) is 1. The number of benzene rings is 1. The third-order valence-corrected chi connectivity index (χ3v) is 3.39. The Balaban J connectivity index is 0.00000162. The van der Waals surface area contributed by atoms with Gasteiger partial charge < -0.3 is 10.1 Å². The van der Waals surface area contributed by atoms with E-state index in [1.54, 1.807) is 12.1 Å². The molecule has 1 aliphatic rings. The fourth-order valence-corrected chi connectivity index (χ4v) is 2.26. The second-order valence-corrected chi connectivity index (χ2v) is 5.72. The molecule has 1 fully saturated rings. The minimum absolute atomic E-state index is 0. The lowest BCUT2D eigenvalue weighted by molar-refractivity contribution is 0.0378. The molecule has 1 N–H and O–H groups in total. The number of carbonyl (C=O) groups excluding carboxylic acids is 1. The first-order chi connectivity index (χ1) is 7.90. The van der Waals surface area contributed by atoms with Gasteiger partial charge in [0.25, 0.3) is 0 Å². The van der Waals surface area contributed by atoms with Crippen molar-refractivity contribution in [2.24, 2.45) is 5.41 Å². The van der Waals surface area contributed by atoms with Gasteiger partial charge in [-0.2, -0.15) is 0 Å². The zero-order valence-corrected chi connectivity index (χ0v) is 12.4. The molecule has 100 valence electrons. The van der Waals surface area contributed by atoms with Crippen molar-refractivity contribution in [3.63, 3.8) is 0 Å². The van der Waals surface area contributed by atoms with Gasteiger partial charge in [0.2, 0.25) is 0 Å². The molecule has 6 heteroatoms. The fraction of sp³-hybridized carbons (Fsp3) is 0.417. The molecule has 0 bridgehead atoms. The molecule has 1 saturated heterocycles. The quantitative estimate of drug-likeness (QED) is 0.845. The highest BCUT2D eigenvalue weighted by molar-refractivity contribution is 9.10. The molecule has 1 aromatic rings. The summed E-state index contributed by atoms with van der Waals surface area (Å²) in [7, 11) is 0. The minimum atomic E-state index is -0.503. The van der Waals surface area contributed by atoms with Gasteiger partial charge in [-0.3, -0.25) is 0 Å². The summed E-state index contributed by atoms with van der Waals surface area (Å²) < 4.78 is 19.5. The van der Waals surface area contributed by atoms with Gasteiger partial charge in [0.05, 0.1) is 6.04 Å². The summed E-state index contributed by atoms with van der Waals surface area (Å²) in [5.41, 5.74) is 0.137. The third-order valence-electron chi connectivity index (χ3n) is 2.89. The third kappa shape index (κ3) is 2.95. The standard InChI is InChI=1S/C12H13BrFNO2.ClH/c1-12(2)6-17-11(16)15-10(12)8-4-3-7(13)5-9(8)14;/h3-5,10H,6H2,1-2H3,(H,15,16);1H/t10-;/m0./s1. The molecular weight excluding hydrogens is 324 g/mol. The van der Waals surface area contributed by atoms with E-state index >= 15 is 0 Å². The number of carbonyl (C=O) groups is 1. The van der Waals surface area contributed by atoms with Crippen molar-refractivity contribution < 1.29 is 13.9 Å². The summed E-state index contributed by atoms with van der Waals surface area (Å²) in [6.07, 6.45) is -0.503. The summed E-state index contributed by atoms with van der Waals surface area (Å²) in [6.45, 7) is 4.14. The van der Waals surface area contributed by atoms with E-state index in [1.807, 2.05) is 13.8 Å². The molecule has 0 aromatic heterocycles. The van der Waals surface area contributed by atoms with Crippen LogP contribution in [0.4, 0.5) is 9.18 Å². The van der Waals surface area contributed by atoms with Crippen LogP contribution in [0.1, 0.15) is 25.5 Å². The smallest absolute Gasteiger partial charge is 0.407 e. The van der Waals surface area contributed by atoms with Gasteiger partial charge in [-0.05, 0) is 12.1 Å². The van der Waals surface area contributed by atoms with Crippen molar-refractivity contribution in [3.05, 3.63) is 34.1 Å². The second kappa shape index (κ2) is 5.45. The van der Waals surface area contributed by atoms with Crippen LogP contribution < -0.4 is 5.32 Å². The highest BCUT2D eigenvalue weighted by Crippen LogP contribution is 2.37. The van der Waals surface area contributed by atoms with Crippen LogP contribution in [0.2, 0.25) is 0 Å². The number of rotatable bonds is 1. The maximum atomic E-state index is 13.9. The van der Waals surface area contributed by atoms with Crippen LogP contribution in [0.5, 0.6) is 0 Å². The average Bonchev–Trinajstić information content (AvgIpc) is 2.23. The molecule has 0 saturated carbocycles. The summed E-state index contributed by atoms with van der Waals surface area (Å²) in [5, 5.41) is 2.67. The van der Waals surface area contributed by atoms with E-state index in [-0.39, 0.29) is 36.3 Å². The first-order valence-electron chi connectivity index (χ1n) is 5.28. The van der Waals surface area contributed by atoms with Crippen LogP contribution in [0.15, 0.2) is 22.7 Å². The molecule has 0 radical (unpaired) electrons. The Morgan fingerprint density at radius 2 is 2.17 bits per heavy atom. The largest absolute Gasteiger partial charge is 0.449 e. The van der Waals surface area contributed by atoms with E-state index < -0.39 is 6.09 Å². The predicted molar refractivity (Wildman–Crippen MR) is 72.4 cm³/mol. The number of hydrogen-bond donors (Lipinski definition) is 1. The molecule has 1 aliphatic heterocycles. The molecule has 2 rings (SSSR count). The lowest BCUT2D eigenvalue weighted by Crippen LogP contribution is -2.47. The number of hydrogen-bond acceptors (Lipinski definition) is 2. The molecule has 0 aliphatic carbocycles. The lowest BCUT2D eigenvalue weighted by Gasteiger charge is -2.38. The van der Waals surface area contributed by atoms with Crippen LogP contribution >= 0.6 is 28.3 Å². The Bertz CT molecular complexity index is 467. The topological polar surface area (TPSA) is 38.3 Å². The summed E-state index contributed by atoms with van der Waals surface area (Å²) in [4.78, 5) is 11.2.